The Hall–Kier alpha value is -2.40. The van der Waals surface area contributed by atoms with Gasteiger partial charge in [0.15, 0.2) is 0 Å². The second-order valence-electron chi connectivity index (χ2n) is 6.67. The SMILES string of the molecule is CCOc1ccc(CN2CCC[C@@H]2c2cccc(CNC(C)=O)n2)cc1. The van der Waals surface area contributed by atoms with Gasteiger partial charge in [0, 0.05) is 13.5 Å². The van der Waals surface area contributed by atoms with Gasteiger partial charge in [0.05, 0.1) is 30.6 Å². The average Bonchev–Trinajstić information content (AvgIpc) is 3.10. The molecular formula is C21H27N3O2. The minimum atomic E-state index is -0.0322. The zero-order valence-electron chi connectivity index (χ0n) is 15.6. The Morgan fingerprint density at radius 3 is 2.81 bits per heavy atom. The summed E-state index contributed by atoms with van der Waals surface area (Å²) in [6.45, 7) is 6.68. The molecule has 1 saturated heterocycles. The number of hydrogen-bond acceptors (Lipinski definition) is 4. The van der Waals surface area contributed by atoms with Crippen LogP contribution in [-0.4, -0.2) is 28.9 Å². The summed E-state index contributed by atoms with van der Waals surface area (Å²) in [4.78, 5) is 18.4. The Labute approximate surface area is 155 Å². The van der Waals surface area contributed by atoms with Crippen molar-refractivity contribution in [1.29, 1.82) is 0 Å². The molecule has 5 nitrogen and oxygen atoms in total. The van der Waals surface area contributed by atoms with E-state index in [0.717, 1.165) is 36.6 Å². The molecule has 0 unspecified atom stereocenters. The van der Waals surface area contributed by atoms with Crippen molar-refractivity contribution in [3.63, 3.8) is 0 Å². The molecule has 1 N–H and O–H groups in total. The second-order valence-corrected chi connectivity index (χ2v) is 6.67. The fraction of sp³-hybridized carbons (Fsp3) is 0.429. The molecule has 2 aromatic rings. The van der Waals surface area contributed by atoms with E-state index in [-0.39, 0.29) is 5.91 Å². The summed E-state index contributed by atoms with van der Waals surface area (Å²) >= 11 is 0. The summed E-state index contributed by atoms with van der Waals surface area (Å²) in [6.07, 6.45) is 2.30. The molecule has 0 bridgehead atoms. The van der Waals surface area contributed by atoms with Crippen LogP contribution in [0.3, 0.4) is 0 Å². The first-order chi connectivity index (χ1) is 12.7. The summed E-state index contributed by atoms with van der Waals surface area (Å²) in [5.74, 6) is 0.886. The van der Waals surface area contributed by atoms with Crippen LogP contribution in [0.5, 0.6) is 5.75 Å². The topological polar surface area (TPSA) is 54.5 Å². The van der Waals surface area contributed by atoms with E-state index in [1.165, 1.54) is 18.9 Å². The summed E-state index contributed by atoms with van der Waals surface area (Å²) in [6, 6.07) is 14.8. The molecule has 1 aliphatic rings. The number of amides is 1. The van der Waals surface area contributed by atoms with Crippen molar-refractivity contribution < 1.29 is 9.53 Å². The van der Waals surface area contributed by atoms with Gasteiger partial charge in [0.1, 0.15) is 5.75 Å². The van der Waals surface area contributed by atoms with Gasteiger partial charge < -0.3 is 10.1 Å². The summed E-state index contributed by atoms with van der Waals surface area (Å²) in [5.41, 5.74) is 3.29. The molecule has 3 rings (SSSR count). The lowest BCUT2D eigenvalue weighted by Gasteiger charge is -2.24. The monoisotopic (exact) mass is 353 g/mol. The first-order valence-corrected chi connectivity index (χ1v) is 9.31. The van der Waals surface area contributed by atoms with Gasteiger partial charge in [0.25, 0.3) is 0 Å². The maximum absolute atomic E-state index is 11.1. The Balaban J connectivity index is 1.67. The molecule has 1 amide bonds. The number of rotatable bonds is 7. The average molecular weight is 353 g/mol. The van der Waals surface area contributed by atoms with Gasteiger partial charge in [-0.3, -0.25) is 14.7 Å². The van der Waals surface area contributed by atoms with Crippen molar-refractivity contribution >= 4 is 5.91 Å². The zero-order chi connectivity index (χ0) is 18.4. The Morgan fingerprint density at radius 2 is 2.08 bits per heavy atom. The van der Waals surface area contributed by atoms with Crippen molar-refractivity contribution in [2.45, 2.75) is 45.8 Å². The van der Waals surface area contributed by atoms with Crippen LogP contribution in [-0.2, 0) is 17.9 Å². The normalized spacial score (nSPS) is 17.2. The Bertz CT molecular complexity index is 730. The summed E-state index contributed by atoms with van der Waals surface area (Å²) in [5, 5.41) is 2.82. The lowest BCUT2D eigenvalue weighted by atomic mass is 10.1. The first-order valence-electron chi connectivity index (χ1n) is 9.31. The minimum absolute atomic E-state index is 0.0322. The predicted octanol–water partition coefficient (Wildman–Crippen LogP) is 3.45. The Morgan fingerprint density at radius 1 is 1.27 bits per heavy atom. The summed E-state index contributed by atoms with van der Waals surface area (Å²) < 4.78 is 5.52. The lowest BCUT2D eigenvalue weighted by molar-refractivity contribution is -0.119. The number of hydrogen-bond donors (Lipinski definition) is 1. The molecular weight excluding hydrogens is 326 g/mol. The van der Waals surface area contributed by atoms with E-state index >= 15 is 0 Å². The van der Waals surface area contributed by atoms with E-state index in [2.05, 4.69) is 28.4 Å². The summed E-state index contributed by atoms with van der Waals surface area (Å²) in [7, 11) is 0. The van der Waals surface area contributed by atoms with Crippen LogP contribution in [0, 0.1) is 0 Å². The minimum Gasteiger partial charge on any atom is -0.494 e. The molecule has 0 saturated carbocycles. The van der Waals surface area contributed by atoms with E-state index in [1.807, 2.05) is 31.2 Å². The van der Waals surface area contributed by atoms with Gasteiger partial charge in [-0.25, -0.2) is 0 Å². The van der Waals surface area contributed by atoms with Crippen LogP contribution in [0.1, 0.15) is 49.7 Å². The second kappa shape index (κ2) is 8.81. The standard InChI is InChI=1S/C21H27N3O2/c1-3-26-19-11-9-17(10-12-19)15-24-13-5-8-21(24)20-7-4-6-18(23-20)14-22-16(2)25/h4,6-7,9-12,21H,3,5,8,13-15H2,1-2H3,(H,22,25)/t21-/m1/s1. The highest BCUT2D eigenvalue weighted by atomic mass is 16.5. The van der Waals surface area contributed by atoms with Crippen molar-refractivity contribution in [3.05, 3.63) is 59.4 Å². The number of likely N-dealkylation sites (tertiary alicyclic amines) is 1. The van der Waals surface area contributed by atoms with E-state index in [0.29, 0.717) is 19.2 Å². The van der Waals surface area contributed by atoms with Crippen LogP contribution in [0.25, 0.3) is 0 Å². The molecule has 1 atom stereocenters. The largest absolute Gasteiger partial charge is 0.494 e. The first kappa shape index (κ1) is 18.4. The Kier molecular flexibility index (Phi) is 6.23. The van der Waals surface area contributed by atoms with E-state index in [1.54, 1.807) is 0 Å². The van der Waals surface area contributed by atoms with Gasteiger partial charge in [0.2, 0.25) is 5.91 Å². The van der Waals surface area contributed by atoms with Crippen molar-refractivity contribution in [2.24, 2.45) is 0 Å². The number of nitrogens with one attached hydrogen (secondary N) is 1. The molecule has 0 radical (unpaired) electrons. The van der Waals surface area contributed by atoms with Crippen LogP contribution in [0.2, 0.25) is 0 Å². The zero-order valence-corrected chi connectivity index (χ0v) is 15.6. The predicted molar refractivity (Wildman–Crippen MR) is 102 cm³/mol. The fourth-order valence-corrected chi connectivity index (χ4v) is 3.44. The smallest absolute Gasteiger partial charge is 0.217 e. The van der Waals surface area contributed by atoms with Crippen LogP contribution in [0.4, 0.5) is 0 Å². The van der Waals surface area contributed by atoms with Crippen LogP contribution >= 0.6 is 0 Å². The molecule has 2 heterocycles. The van der Waals surface area contributed by atoms with Crippen molar-refractivity contribution in [2.75, 3.05) is 13.2 Å². The van der Waals surface area contributed by atoms with Gasteiger partial charge in [-0.15, -0.1) is 0 Å². The number of carbonyl (C=O) groups is 1. The number of aromatic nitrogens is 1. The van der Waals surface area contributed by atoms with Gasteiger partial charge in [-0.2, -0.15) is 0 Å². The van der Waals surface area contributed by atoms with Crippen LogP contribution in [0.15, 0.2) is 42.5 Å². The molecule has 1 aliphatic heterocycles. The molecule has 0 spiro atoms. The molecule has 1 aromatic carbocycles. The van der Waals surface area contributed by atoms with E-state index < -0.39 is 0 Å². The van der Waals surface area contributed by atoms with Gasteiger partial charge in [-0.1, -0.05) is 18.2 Å². The van der Waals surface area contributed by atoms with Crippen molar-refractivity contribution in [1.82, 2.24) is 15.2 Å². The van der Waals surface area contributed by atoms with Crippen molar-refractivity contribution in [3.8, 4) is 5.75 Å². The van der Waals surface area contributed by atoms with Crippen LogP contribution < -0.4 is 10.1 Å². The molecule has 26 heavy (non-hydrogen) atoms. The third-order valence-corrected chi connectivity index (χ3v) is 4.67. The van der Waals surface area contributed by atoms with Gasteiger partial charge >= 0.3 is 0 Å². The highest BCUT2D eigenvalue weighted by molar-refractivity contribution is 5.72. The highest BCUT2D eigenvalue weighted by Gasteiger charge is 2.27. The molecule has 5 heteroatoms. The third kappa shape index (κ3) is 4.82. The molecule has 0 aliphatic carbocycles. The van der Waals surface area contributed by atoms with E-state index in [9.17, 15) is 4.79 Å². The number of benzene rings is 1. The number of carbonyl (C=O) groups excluding carboxylic acids is 1. The molecule has 1 fully saturated rings. The number of pyridine rings is 1. The quantitative estimate of drug-likeness (QED) is 0.828. The number of ether oxygens (including phenoxy) is 1. The fourth-order valence-electron chi connectivity index (χ4n) is 3.44. The maximum Gasteiger partial charge on any atom is 0.217 e. The highest BCUT2D eigenvalue weighted by Crippen LogP contribution is 2.32. The third-order valence-electron chi connectivity index (χ3n) is 4.67. The van der Waals surface area contributed by atoms with E-state index in [4.69, 9.17) is 9.72 Å². The number of nitrogens with zero attached hydrogens (tertiary/aromatic N) is 2. The maximum atomic E-state index is 11.1. The van der Waals surface area contributed by atoms with Gasteiger partial charge in [-0.05, 0) is 56.1 Å². The lowest BCUT2D eigenvalue weighted by Crippen LogP contribution is -2.24. The molecule has 1 aromatic heterocycles. The molecule has 138 valence electrons.